The van der Waals surface area contributed by atoms with E-state index in [-0.39, 0.29) is 5.56 Å². The minimum atomic E-state index is -0.0331. The maximum atomic E-state index is 12.3. The van der Waals surface area contributed by atoms with Gasteiger partial charge in [0.2, 0.25) is 5.95 Å². The Morgan fingerprint density at radius 3 is 2.86 bits per heavy atom. The summed E-state index contributed by atoms with van der Waals surface area (Å²) < 4.78 is 1.95. The summed E-state index contributed by atoms with van der Waals surface area (Å²) in [6, 6.07) is 1.70. The second-order valence-electron chi connectivity index (χ2n) is 8.37. The fraction of sp³-hybridized carbons (Fsp3) is 0.591. The van der Waals surface area contributed by atoms with Crippen LogP contribution in [0.3, 0.4) is 0 Å². The molecule has 156 valence electrons. The summed E-state index contributed by atoms with van der Waals surface area (Å²) in [7, 11) is 0. The molecule has 2 fully saturated rings. The number of hydrogen-bond acceptors (Lipinski definition) is 5. The number of rotatable bonds is 6. The summed E-state index contributed by atoms with van der Waals surface area (Å²) in [6.45, 7) is 11.5. The lowest BCUT2D eigenvalue weighted by molar-refractivity contribution is 0.198. The summed E-state index contributed by atoms with van der Waals surface area (Å²) in [5.74, 6) is 1.06. The van der Waals surface area contributed by atoms with E-state index in [1.807, 2.05) is 10.8 Å². The van der Waals surface area contributed by atoms with Gasteiger partial charge in [-0.05, 0) is 45.6 Å². The van der Waals surface area contributed by atoms with E-state index in [2.05, 4.69) is 39.6 Å². The van der Waals surface area contributed by atoms with Crippen LogP contribution in [0.4, 0.5) is 5.95 Å². The third-order valence-electron chi connectivity index (χ3n) is 6.09. The van der Waals surface area contributed by atoms with Crippen molar-refractivity contribution in [2.75, 3.05) is 31.1 Å². The van der Waals surface area contributed by atoms with E-state index < -0.39 is 0 Å². The molecule has 0 saturated carbocycles. The van der Waals surface area contributed by atoms with Gasteiger partial charge in [-0.25, -0.2) is 4.98 Å². The monoisotopic (exact) mass is 396 g/mol. The molecule has 2 aromatic heterocycles. The molecular weight excluding hydrogens is 364 g/mol. The molecule has 1 atom stereocenters. The van der Waals surface area contributed by atoms with Crippen molar-refractivity contribution in [3.05, 3.63) is 52.2 Å². The van der Waals surface area contributed by atoms with E-state index in [1.165, 1.54) is 24.8 Å². The molecule has 0 amide bonds. The van der Waals surface area contributed by atoms with E-state index >= 15 is 0 Å². The number of allylic oxidation sites excluding steroid dienone is 1. The van der Waals surface area contributed by atoms with E-state index in [1.54, 1.807) is 6.07 Å². The molecular formula is C22H32N6O. The number of nitrogens with zero attached hydrogens (tertiary/aromatic N) is 5. The van der Waals surface area contributed by atoms with Gasteiger partial charge in [-0.15, -0.1) is 6.58 Å². The zero-order chi connectivity index (χ0) is 20.2. The third kappa shape index (κ3) is 4.78. The predicted octanol–water partition coefficient (Wildman–Crippen LogP) is 2.83. The highest BCUT2D eigenvalue weighted by molar-refractivity contribution is 5.31. The maximum Gasteiger partial charge on any atom is 0.252 e. The van der Waals surface area contributed by atoms with Crippen LogP contribution in [0.25, 0.3) is 0 Å². The van der Waals surface area contributed by atoms with Gasteiger partial charge >= 0.3 is 0 Å². The van der Waals surface area contributed by atoms with Gasteiger partial charge in [0.05, 0.1) is 17.9 Å². The van der Waals surface area contributed by atoms with E-state index in [9.17, 15) is 4.79 Å². The van der Waals surface area contributed by atoms with Gasteiger partial charge in [0.25, 0.3) is 5.56 Å². The molecule has 1 N–H and O–H groups in total. The number of anilines is 1. The van der Waals surface area contributed by atoms with Gasteiger partial charge in [0.15, 0.2) is 0 Å². The first-order valence-corrected chi connectivity index (χ1v) is 10.8. The topological polar surface area (TPSA) is 70.1 Å². The van der Waals surface area contributed by atoms with Gasteiger partial charge in [0, 0.05) is 49.9 Å². The highest BCUT2D eigenvalue weighted by Crippen LogP contribution is 2.27. The van der Waals surface area contributed by atoms with Crippen molar-refractivity contribution in [3.8, 4) is 0 Å². The lowest BCUT2D eigenvalue weighted by Gasteiger charge is -2.33. The lowest BCUT2D eigenvalue weighted by atomic mass is 9.94. The quantitative estimate of drug-likeness (QED) is 0.761. The van der Waals surface area contributed by atoms with Crippen molar-refractivity contribution >= 4 is 5.95 Å². The molecule has 0 aliphatic carbocycles. The summed E-state index contributed by atoms with van der Waals surface area (Å²) in [5.41, 5.74) is 3.25. The molecule has 4 heterocycles. The Kier molecular flexibility index (Phi) is 6.13. The standard InChI is InChI=1S/C22H32N6O/c1-3-9-28-16-19(17(2)25-28)15-26-10-7-8-18(14-26)20-13-21(29)24-22(23-20)27-11-5-4-6-12-27/h3,13,16,18H,1,4-12,14-15H2,2H3,(H,23,24,29)/t18-/m1/s1. The van der Waals surface area contributed by atoms with Gasteiger partial charge in [-0.2, -0.15) is 5.10 Å². The number of aromatic nitrogens is 4. The molecule has 4 rings (SSSR count). The van der Waals surface area contributed by atoms with Crippen molar-refractivity contribution in [1.82, 2.24) is 24.6 Å². The van der Waals surface area contributed by atoms with Crippen LogP contribution in [-0.2, 0) is 13.1 Å². The summed E-state index contributed by atoms with van der Waals surface area (Å²) in [4.78, 5) is 24.9. The maximum absolute atomic E-state index is 12.3. The molecule has 7 heteroatoms. The lowest BCUT2D eigenvalue weighted by Crippen LogP contribution is -2.36. The number of nitrogens with one attached hydrogen (secondary N) is 1. The number of aryl methyl sites for hydroxylation is 1. The first-order chi connectivity index (χ1) is 14.1. The average molecular weight is 397 g/mol. The number of aromatic amines is 1. The Labute approximate surface area is 172 Å². The van der Waals surface area contributed by atoms with Crippen LogP contribution in [0.1, 0.15) is 55.0 Å². The van der Waals surface area contributed by atoms with Crippen LogP contribution >= 0.6 is 0 Å². The van der Waals surface area contributed by atoms with Crippen LogP contribution in [0.2, 0.25) is 0 Å². The first-order valence-electron chi connectivity index (χ1n) is 10.8. The molecule has 29 heavy (non-hydrogen) atoms. The summed E-state index contributed by atoms with van der Waals surface area (Å²) in [6.07, 6.45) is 9.81. The minimum absolute atomic E-state index is 0.0331. The largest absolute Gasteiger partial charge is 0.342 e. The van der Waals surface area contributed by atoms with Crippen molar-refractivity contribution in [1.29, 1.82) is 0 Å². The Balaban J connectivity index is 1.47. The fourth-order valence-corrected chi connectivity index (χ4v) is 4.55. The zero-order valence-corrected chi connectivity index (χ0v) is 17.4. The Hall–Kier alpha value is -2.41. The molecule has 0 aromatic carbocycles. The SMILES string of the molecule is C=CCn1cc(CN2CCC[C@@H](c3cc(=O)[nH]c(N4CCCCC4)n3)C2)c(C)n1. The molecule has 0 radical (unpaired) electrons. The van der Waals surface area contributed by atoms with Gasteiger partial charge in [0.1, 0.15) is 0 Å². The summed E-state index contributed by atoms with van der Waals surface area (Å²) >= 11 is 0. The predicted molar refractivity (Wildman–Crippen MR) is 115 cm³/mol. The Morgan fingerprint density at radius 2 is 2.07 bits per heavy atom. The van der Waals surface area contributed by atoms with Gasteiger partial charge in [-0.3, -0.25) is 19.4 Å². The molecule has 0 bridgehead atoms. The Bertz CT molecular complexity index is 895. The van der Waals surface area contributed by atoms with E-state index in [0.29, 0.717) is 5.92 Å². The number of hydrogen-bond donors (Lipinski definition) is 1. The van der Waals surface area contributed by atoms with Crippen LogP contribution in [-0.4, -0.2) is 50.8 Å². The third-order valence-corrected chi connectivity index (χ3v) is 6.09. The number of likely N-dealkylation sites (tertiary alicyclic amines) is 1. The van der Waals surface area contributed by atoms with E-state index in [0.717, 1.165) is 69.4 Å². The van der Waals surface area contributed by atoms with Gasteiger partial charge < -0.3 is 4.90 Å². The average Bonchev–Trinajstić information content (AvgIpc) is 3.07. The molecule has 0 unspecified atom stereocenters. The zero-order valence-electron chi connectivity index (χ0n) is 17.4. The first kappa shape index (κ1) is 19.9. The minimum Gasteiger partial charge on any atom is -0.342 e. The second-order valence-corrected chi connectivity index (χ2v) is 8.37. The van der Waals surface area contributed by atoms with Crippen molar-refractivity contribution in [2.45, 2.75) is 58.0 Å². The van der Waals surface area contributed by atoms with Gasteiger partial charge in [-0.1, -0.05) is 6.08 Å². The van der Waals surface area contributed by atoms with Crippen LogP contribution < -0.4 is 10.5 Å². The van der Waals surface area contributed by atoms with Crippen LogP contribution in [0.15, 0.2) is 29.7 Å². The van der Waals surface area contributed by atoms with Crippen LogP contribution in [0, 0.1) is 6.92 Å². The highest BCUT2D eigenvalue weighted by atomic mass is 16.1. The van der Waals surface area contributed by atoms with Crippen molar-refractivity contribution < 1.29 is 0 Å². The number of H-pyrrole nitrogens is 1. The molecule has 7 nitrogen and oxygen atoms in total. The van der Waals surface area contributed by atoms with Crippen molar-refractivity contribution in [3.63, 3.8) is 0 Å². The van der Waals surface area contributed by atoms with Crippen LogP contribution in [0.5, 0.6) is 0 Å². The molecule has 0 spiro atoms. The fourth-order valence-electron chi connectivity index (χ4n) is 4.55. The molecule has 2 saturated heterocycles. The summed E-state index contributed by atoms with van der Waals surface area (Å²) in [5, 5.41) is 4.57. The number of piperidine rings is 2. The molecule has 2 aliphatic heterocycles. The van der Waals surface area contributed by atoms with E-state index in [4.69, 9.17) is 4.98 Å². The molecule has 2 aliphatic rings. The molecule has 2 aromatic rings. The smallest absolute Gasteiger partial charge is 0.252 e. The second kappa shape index (κ2) is 8.95. The normalized spacial score (nSPS) is 20.7. The van der Waals surface area contributed by atoms with Crippen molar-refractivity contribution in [2.24, 2.45) is 0 Å². The highest BCUT2D eigenvalue weighted by Gasteiger charge is 2.25. The Morgan fingerprint density at radius 1 is 1.24 bits per heavy atom.